The number of rotatable bonds is 7. The van der Waals surface area contributed by atoms with Gasteiger partial charge in [0.05, 0.1) is 0 Å². The fourth-order valence-corrected chi connectivity index (χ4v) is 5.14. The largest absolute Gasteiger partial charge is 0.310 e. The third kappa shape index (κ3) is 4.32. The Hall–Kier alpha value is 0.140. The molecule has 1 N–H and O–H groups in total. The highest BCUT2D eigenvalue weighted by atomic mass is 79.9. The van der Waals surface area contributed by atoms with Crippen molar-refractivity contribution in [2.45, 2.75) is 64.8 Å². The summed E-state index contributed by atoms with van der Waals surface area (Å²) in [7, 11) is 0. The van der Waals surface area contributed by atoms with Crippen LogP contribution in [0.2, 0.25) is 0 Å². The van der Waals surface area contributed by atoms with E-state index in [0.717, 1.165) is 18.4 Å². The van der Waals surface area contributed by atoms with E-state index < -0.39 is 0 Å². The molecule has 1 saturated carbocycles. The summed E-state index contributed by atoms with van der Waals surface area (Å²) in [5.41, 5.74) is 1.49. The maximum atomic E-state index is 3.81. The van der Waals surface area contributed by atoms with E-state index in [9.17, 15) is 0 Å². The molecule has 0 spiro atoms. The Bertz CT molecular complexity index is 382. The third-order valence-electron chi connectivity index (χ3n) is 4.65. The normalized spacial score (nSPS) is 24.8. The third-order valence-corrected chi connectivity index (χ3v) is 6.40. The molecular weight excluding hydrogens is 330 g/mol. The maximum absolute atomic E-state index is 3.81. The summed E-state index contributed by atoms with van der Waals surface area (Å²) in [6, 6.07) is 0.554. The molecule has 1 unspecified atom stereocenters. The number of nitrogens with one attached hydrogen (secondary N) is 1. The fraction of sp³-hybridized carbons (Fsp3) is 0.765. The first-order chi connectivity index (χ1) is 9.76. The second kappa shape index (κ2) is 8.55. The van der Waals surface area contributed by atoms with E-state index in [-0.39, 0.29) is 0 Å². The Labute approximate surface area is 136 Å². The highest BCUT2D eigenvalue weighted by Gasteiger charge is 2.29. The molecule has 1 atom stereocenters. The predicted molar refractivity (Wildman–Crippen MR) is 93.4 cm³/mol. The Kier molecular flexibility index (Phi) is 7.06. The van der Waals surface area contributed by atoms with Crippen molar-refractivity contribution in [3.05, 3.63) is 20.8 Å². The van der Waals surface area contributed by atoms with Gasteiger partial charge in [-0.2, -0.15) is 11.3 Å². The van der Waals surface area contributed by atoms with Crippen LogP contribution in [0.4, 0.5) is 0 Å². The van der Waals surface area contributed by atoms with E-state index in [2.05, 4.69) is 45.9 Å². The summed E-state index contributed by atoms with van der Waals surface area (Å²) in [4.78, 5) is 0. The fourth-order valence-electron chi connectivity index (χ4n) is 3.56. The molecule has 2 rings (SSSR count). The number of halogens is 1. The van der Waals surface area contributed by atoms with Crippen LogP contribution < -0.4 is 5.32 Å². The smallest absolute Gasteiger partial charge is 0.0368 e. The molecule has 1 aliphatic rings. The van der Waals surface area contributed by atoms with Crippen molar-refractivity contribution >= 4 is 27.3 Å². The molecule has 1 aromatic rings. The van der Waals surface area contributed by atoms with E-state index in [1.54, 1.807) is 0 Å². The maximum Gasteiger partial charge on any atom is 0.0368 e. The highest BCUT2D eigenvalue weighted by Crippen LogP contribution is 2.41. The molecule has 1 nitrogen and oxygen atoms in total. The molecule has 1 aliphatic carbocycles. The van der Waals surface area contributed by atoms with Gasteiger partial charge in [-0.05, 0) is 64.5 Å². The first-order valence-corrected chi connectivity index (χ1v) is 9.94. The molecule has 0 bridgehead atoms. The van der Waals surface area contributed by atoms with Gasteiger partial charge in [-0.1, -0.05) is 39.5 Å². The lowest BCUT2D eigenvalue weighted by Crippen LogP contribution is -2.31. The molecule has 0 aromatic carbocycles. The molecule has 0 aliphatic heterocycles. The van der Waals surface area contributed by atoms with Crippen LogP contribution >= 0.6 is 27.3 Å². The van der Waals surface area contributed by atoms with Crippen LogP contribution in [0.3, 0.4) is 0 Å². The number of hydrogen-bond acceptors (Lipinski definition) is 2. The molecule has 3 heteroatoms. The van der Waals surface area contributed by atoms with Crippen molar-refractivity contribution in [1.82, 2.24) is 5.32 Å². The zero-order chi connectivity index (χ0) is 14.4. The first kappa shape index (κ1) is 16.5. The topological polar surface area (TPSA) is 12.0 Å². The van der Waals surface area contributed by atoms with Gasteiger partial charge in [0.1, 0.15) is 0 Å². The monoisotopic (exact) mass is 357 g/mol. The Morgan fingerprint density at radius 3 is 2.50 bits per heavy atom. The zero-order valence-electron chi connectivity index (χ0n) is 12.8. The lowest BCUT2D eigenvalue weighted by Gasteiger charge is -2.34. The van der Waals surface area contributed by atoms with Crippen LogP contribution in [0.25, 0.3) is 0 Å². The van der Waals surface area contributed by atoms with E-state index in [0.29, 0.717) is 6.04 Å². The first-order valence-electron chi connectivity index (χ1n) is 8.21. The predicted octanol–water partition coefficient (Wildman–Crippen LogP) is 6.16. The zero-order valence-corrected chi connectivity index (χ0v) is 15.2. The Balaban J connectivity index is 1.99. The van der Waals surface area contributed by atoms with Crippen LogP contribution in [-0.4, -0.2) is 6.54 Å². The average molecular weight is 358 g/mol. The standard InChI is InChI=1S/C17H28BrNS/c1-3-5-13-6-8-14(9-7-13)17(19-10-4-2)15-11-20-12-16(15)18/h11-14,17,19H,3-10H2,1-2H3. The second-order valence-electron chi connectivity index (χ2n) is 6.18. The Morgan fingerprint density at radius 2 is 1.95 bits per heavy atom. The summed E-state index contributed by atoms with van der Waals surface area (Å²) in [6.45, 7) is 5.70. The van der Waals surface area contributed by atoms with Gasteiger partial charge < -0.3 is 5.32 Å². The van der Waals surface area contributed by atoms with Crippen molar-refractivity contribution in [2.75, 3.05) is 6.54 Å². The van der Waals surface area contributed by atoms with Crippen LogP contribution in [-0.2, 0) is 0 Å². The summed E-state index contributed by atoms with van der Waals surface area (Å²) < 4.78 is 1.30. The lowest BCUT2D eigenvalue weighted by atomic mass is 9.76. The molecule has 20 heavy (non-hydrogen) atoms. The van der Waals surface area contributed by atoms with Gasteiger partial charge in [0.25, 0.3) is 0 Å². The van der Waals surface area contributed by atoms with Crippen molar-refractivity contribution in [3.63, 3.8) is 0 Å². The van der Waals surface area contributed by atoms with Gasteiger partial charge in [0.2, 0.25) is 0 Å². The molecule has 0 radical (unpaired) electrons. The minimum Gasteiger partial charge on any atom is -0.310 e. The number of hydrogen-bond donors (Lipinski definition) is 1. The highest BCUT2D eigenvalue weighted by molar-refractivity contribution is 9.10. The SMILES string of the molecule is CCCNC(c1cscc1Br)C1CCC(CCC)CC1. The summed E-state index contributed by atoms with van der Waals surface area (Å²) in [6.07, 6.45) is 9.66. The summed E-state index contributed by atoms with van der Waals surface area (Å²) >= 11 is 5.55. The molecule has 1 heterocycles. The minimum atomic E-state index is 0.554. The van der Waals surface area contributed by atoms with Gasteiger partial charge >= 0.3 is 0 Å². The molecule has 1 aromatic heterocycles. The van der Waals surface area contributed by atoms with Gasteiger partial charge in [0, 0.05) is 15.9 Å². The van der Waals surface area contributed by atoms with Crippen LogP contribution in [0.15, 0.2) is 15.2 Å². The quantitative estimate of drug-likeness (QED) is 0.616. The second-order valence-corrected chi connectivity index (χ2v) is 7.77. The van der Waals surface area contributed by atoms with E-state index >= 15 is 0 Å². The molecular formula is C17H28BrNS. The van der Waals surface area contributed by atoms with Crippen molar-refractivity contribution in [2.24, 2.45) is 11.8 Å². The number of thiophene rings is 1. The Morgan fingerprint density at radius 1 is 1.20 bits per heavy atom. The van der Waals surface area contributed by atoms with Gasteiger partial charge in [-0.15, -0.1) is 0 Å². The molecule has 1 fully saturated rings. The van der Waals surface area contributed by atoms with E-state index in [1.807, 2.05) is 11.3 Å². The molecule has 114 valence electrons. The van der Waals surface area contributed by atoms with Gasteiger partial charge in [-0.25, -0.2) is 0 Å². The minimum absolute atomic E-state index is 0.554. The molecule has 0 saturated heterocycles. The van der Waals surface area contributed by atoms with Crippen molar-refractivity contribution in [3.8, 4) is 0 Å². The summed E-state index contributed by atoms with van der Waals surface area (Å²) in [5.74, 6) is 1.81. The van der Waals surface area contributed by atoms with Gasteiger partial charge in [-0.3, -0.25) is 0 Å². The van der Waals surface area contributed by atoms with Crippen molar-refractivity contribution in [1.29, 1.82) is 0 Å². The molecule has 0 amide bonds. The van der Waals surface area contributed by atoms with E-state index in [4.69, 9.17) is 0 Å². The van der Waals surface area contributed by atoms with Crippen LogP contribution in [0.5, 0.6) is 0 Å². The lowest BCUT2D eigenvalue weighted by molar-refractivity contribution is 0.214. The van der Waals surface area contributed by atoms with E-state index in [1.165, 1.54) is 55.0 Å². The van der Waals surface area contributed by atoms with Crippen LogP contribution in [0, 0.1) is 11.8 Å². The van der Waals surface area contributed by atoms with Crippen LogP contribution in [0.1, 0.15) is 70.4 Å². The summed E-state index contributed by atoms with van der Waals surface area (Å²) in [5, 5.41) is 8.36. The van der Waals surface area contributed by atoms with Gasteiger partial charge in [0.15, 0.2) is 0 Å². The average Bonchev–Trinajstić information content (AvgIpc) is 2.88. The van der Waals surface area contributed by atoms with Crippen molar-refractivity contribution < 1.29 is 0 Å².